The Bertz CT molecular complexity index is 1190. The van der Waals surface area contributed by atoms with Gasteiger partial charge in [-0.2, -0.15) is 0 Å². The van der Waals surface area contributed by atoms with Crippen molar-refractivity contribution in [2.75, 3.05) is 62.7 Å². The number of aromatic nitrogens is 1. The summed E-state index contributed by atoms with van der Waals surface area (Å²) in [6.45, 7) is 10.7. The molecule has 41 heavy (non-hydrogen) atoms. The molecule has 2 aromatic rings. The van der Waals surface area contributed by atoms with Gasteiger partial charge in [-0.3, -0.25) is 4.79 Å². The van der Waals surface area contributed by atoms with Crippen LogP contribution in [0.1, 0.15) is 68.7 Å². The number of nitrogens with one attached hydrogen (secondary N) is 1. The van der Waals surface area contributed by atoms with Crippen LogP contribution < -0.4 is 10.2 Å². The first-order chi connectivity index (χ1) is 19.7. The normalized spacial score (nSPS) is 21.6. The van der Waals surface area contributed by atoms with Gasteiger partial charge in [0.1, 0.15) is 5.82 Å². The number of aliphatic carboxylic acids is 1. The van der Waals surface area contributed by atoms with Crippen LogP contribution in [0.15, 0.2) is 30.3 Å². The van der Waals surface area contributed by atoms with Crippen molar-refractivity contribution in [3.8, 4) is 0 Å². The van der Waals surface area contributed by atoms with Crippen molar-refractivity contribution in [3.63, 3.8) is 0 Å². The number of fused-ring (bicyclic) bond motifs is 1. The molecule has 0 saturated carbocycles. The lowest BCUT2D eigenvalue weighted by Crippen LogP contribution is -2.48. The molecule has 3 aliphatic rings. The molecule has 224 valence electrons. The van der Waals surface area contributed by atoms with Crippen LogP contribution in [0.5, 0.6) is 0 Å². The molecule has 0 radical (unpaired) electrons. The minimum Gasteiger partial charge on any atom is -0.481 e. The number of benzene rings is 1. The summed E-state index contributed by atoms with van der Waals surface area (Å²) in [4.78, 5) is 21.4. The Kier molecular flexibility index (Phi) is 10.1. The summed E-state index contributed by atoms with van der Waals surface area (Å²) in [7, 11) is 0. The van der Waals surface area contributed by atoms with Crippen molar-refractivity contribution in [1.82, 2.24) is 9.88 Å². The average molecular weight is 585 g/mol. The second-order valence-corrected chi connectivity index (χ2v) is 12.8. The van der Waals surface area contributed by atoms with E-state index >= 15 is 0 Å². The number of carboxylic acids is 1. The first-order valence-corrected chi connectivity index (χ1v) is 15.6. The monoisotopic (exact) mass is 584 g/mol. The molecule has 5 rings (SSSR count). The van der Waals surface area contributed by atoms with Gasteiger partial charge >= 0.3 is 5.97 Å². The highest BCUT2D eigenvalue weighted by molar-refractivity contribution is 6.31. The molecular weight excluding hydrogens is 540 g/mol. The zero-order chi connectivity index (χ0) is 28.8. The van der Waals surface area contributed by atoms with E-state index in [2.05, 4.69) is 47.2 Å². The van der Waals surface area contributed by atoms with E-state index < -0.39 is 5.97 Å². The number of carbonyl (C=O) groups is 1. The van der Waals surface area contributed by atoms with Gasteiger partial charge in [-0.1, -0.05) is 17.7 Å². The van der Waals surface area contributed by atoms with E-state index in [4.69, 9.17) is 26.1 Å². The van der Waals surface area contributed by atoms with Crippen LogP contribution in [-0.4, -0.2) is 85.1 Å². The van der Waals surface area contributed by atoms with Gasteiger partial charge in [0.15, 0.2) is 0 Å². The summed E-state index contributed by atoms with van der Waals surface area (Å²) >= 11 is 6.56. The number of pyridine rings is 1. The molecule has 0 bridgehead atoms. The Morgan fingerprint density at radius 2 is 2.15 bits per heavy atom. The quantitative estimate of drug-likeness (QED) is 0.364. The van der Waals surface area contributed by atoms with E-state index in [1.807, 2.05) is 12.1 Å². The smallest absolute Gasteiger partial charge is 0.304 e. The van der Waals surface area contributed by atoms with E-state index in [-0.39, 0.29) is 24.0 Å². The van der Waals surface area contributed by atoms with Crippen LogP contribution in [-0.2, 0) is 27.1 Å². The Morgan fingerprint density at radius 1 is 1.27 bits per heavy atom. The highest BCUT2D eigenvalue weighted by atomic mass is 35.5. The molecule has 2 saturated heterocycles. The fraction of sp³-hybridized carbons (Fsp3) is 0.625. The number of halogens is 1. The molecule has 0 spiro atoms. The summed E-state index contributed by atoms with van der Waals surface area (Å²) in [6.07, 6.45) is 6.51. The zero-order valence-electron chi connectivity index (χ0n) is 24.5. The van der Waals surface area contributed by atoms with Gasteiger partial charge in [-0.15, -0.1) is 0 Å². The number of carboxylic acid groups (broad SMARTS) is 1. The van der Waals surface area contributed by atoms with Gasteiger partial charge in [-0.05, 0) is 101 Å². The Hall–Kier alpha value is -2.39. The lowest BCUT2D eigenvalue weighted by molar-refractivity contribution is -0.138. The summed E-state index contributed by atoms with van der Waals surface area (Å²) in [6, 6.07) is 10.3. The minimum absolute atomic E-state index is 0.00740. The molecule has 9 heteroatoms. The van der Waals surface area contributed by atoms with E-state index in [0.717, 1.165) is 94.1 Å². The van der Waals surface area contributed by atoms with E-state index in [1.165, 1.54) is 12.0 Å². The number of aryl methyl sites for hydroxylation is 2. The van der Waals surface area contributed by atoms with Gasteiger partial charge in [0.05, 0.1) is 31.3 Å². The molecule has 0 amide bonds. The average Bonchev–Trinajstić information content (AvgIpc) is 2.94. The molecule has 4 heterocycles. The van der Waals surface area contributed by atoms with Crippen LogP contribution in [0.3, 0.4) is 0 Å². The lowest BCUT2D eigenvalue weighted by Gasteiger charge is -2.39. The van der Waals surface area contributed by atoms with Gasteiger partial charge in [0, 0.05) is 48.5 Å². The Labute approximate surface area is 249 Å². The van der Waals surface area contributed by atoms with Crippen LogP contribution >= 0.6 is 11.6 Å². The molecule has 1 unspecified atom stereocenters. The summed E-state index contributed by atoms with van der Waals surface area (Å²) in [5, 5.41) is 13.8. The second-order valence-electron chi connectivity index (χ2n) is 12.4. The number of hydrogen-bond acceptors (Lipinski definition) is 7. The molecule has 0 aliphatic carbocycles. The highest BCUT2D eigenvalue weighted by Crippen LogP contribution is 2.32. The number of ether oxygens (including phenoxy) is 2. The third kappa shape index (κ3) is 8.57. The number of likely N-dealkylation sites (tertiary alicyclic amines) is 1. The summed E-state index contributed by atoms with van der Waals surface area (Å²) in [5.41, 5.74) is 4.16. The fourth-order valence-corrected chi connectivity index (χ4v) is 6.57. The number of anilines is 2. The molecule has 1 aromatic carbocycles. The third-order valence-corrected chi connectivity index (χ3v) is 8.66. The predicted molar refractivity (Wildman–Crippen MR) is 163 cm³/mol. The molecule has 2 N–H and O–H groups in total. The zero-order valence-corrected chi connectivity index (χ0v) is 25.3. The minimum atomic E-state index is -0.830. The van der Waals surface area contributed by atoms with Crippen molar-refractivity contribution in [3.05, 3.63) is 52.2 Å². The van der Waals surface area contributed by atoms with E-state index in [0.29, 0.717) is 18.2 Å². The number of nitrogens with zero attached hydrogens (tertiary/aromatic N) is 3. The predicted octanol–water partition coefficient (Wildman–Crippen LogP) is 5.38. The number of morpholine rings is 1. The number of rotatable bonds is 11. The van der Waals surface area contributed by atoms with Gasteiger partial charge in [-0.25, -0.2) is 4.98 Å². The molecule has 3 aliphatic heterocycles. The number of piperidine rings is 1. The molecule has 2 atom stereocenters. The third-order valence-electron chi connectivity index (χ3n) is 8.44. The summed E-state index contributed by atoms with van der Waals surface area (Å²) in [5.74, 6) is -0.0290. The molecular formula is C32H45ClN4O4. The molecule has 2 fully saturated rings. The SMILES string of the molecule is CC1(C)CN(c2cc(Cl)cc(C(CO[C@@H]3CCCN(CCCc4ccc5c(n4)NCCC5)C3)CC(=O)O)c2)CCO1. The van der Waals surface area contributed by atoms with Crippen molar-refractivity contribution < 1.29 is 19.4 Å². The highest BCUT2D eigenvalue weighted by Gasteiger charge is 2.29. The van der Waals surface area contributed by atoms with Gasteiger partial charge < -0.3 is 29.7 Å². The first-order valence-electron chi connectivity index (χ1n) is 15.2. The summed E-state index contributed by atoms with van der Waals surface area (Å²) < 4.78 is 12.3. The van der Waals surface area contributed by atoms with Crippen LogP contribution in [0.4, 0.5) is 11.5 Å². The topological polar surface area (TPSA) is 87.2 Å². The maximum absolute atomic E-state index is 11.8. The standard InChI is InChI=1S/C32H45ClN4O4/c1-32(2)22-37(14-15-41-32)28-17-24(16-26(33)19-28)25(18-30(38)39)21-40-29-8-5-13-36(20-29)12-4-7-27-10-9-23-6-3-11-34-31(23)35-27/h9-10,16-17,19,25,29H,3-8,11-15,18,20-22H2,1-2H3,(H,34,35)(H,38,39)/t25?,29-/m1/s1. The van der Waals surface area contributed by atoms with Crippen LogP contribution in [0.25, 0.3) is 0 Å². The molecule has 1 aromatic heterocycles. The van der Waals surface area contributed by atoms with Crippen molar-refractivity contribution in [1.29, 1.82) is 0 Å². The van der Waals surface area contributed by atoms with E-state index in [1.54, 1.807) is 0 Å². The van der Waals surface area contributed by atoms with Crippen LogP contribution in [0.2, 0.25) is 5.02 Å². The van der Waals surface area contributed by atoms with Crippen LogP contribution in [0, 0.1) is 0 Å². The Balaban J connectivity index is 1.15. The van der Waals surface area contributed by atoms with Crippen molar-refractivity contribution >= 4 is 29.1 Å². The maximum Gasteiger partial charge on any atom is 0.304 e. The Morgan fingerprint density at radius 3 is 2.98 bits per heavy atom. The second kappa shape index (κ2) is 13.7. The van der Waals surface area contributed by atoms with Crippen molar-refractivity contribution in [2.24, 2.45) is 0 Å². The fourth-order valence-electron chi connectivity index (χ4n) is 6.33. The number of hydrogen-bond donors (Lipinski definition) is 2. The molecule has 8 nitrogen and oxygen atoms in total. The largest absolute Gasteiger partial charge is 0.481 e. The first kappa shape index (κ1) is 30.1. The van der Waals surface area contributed by atoms with Crippen molar-refractivity contribution in [2.45, 2.75) is 76.4 Å². The van der Waals surface area contributed by atoms with E-state index in [9.17, 15) is 9.90 Å². The van der Waals surface area contributed by atoms with Gasteiger partial charge in [0.25, 0.3) is 0 Å². The maximum atomic E-state index is 11.8. The van der Waals surface area contributed by atoms with Gasteiger partial charge in [0.2, 0.25) is 0 Å². The lowest BCUT2D eigenvalue weighted by atomic mass is 9.95.